The molecule has 0 aliphatic carbocycles. The minimum atomic E-state index is -0.415. The van der Waals surface area contributed by atoms with Gasteiger partial charge in [-0.1, -0.05) is 23.7 Å². The van der Waals surface area contributed by atoms with Crippen LogP contribution < -0.4 is 5.32 Å². The first-order valence-electron chi connectivity index (χ1n) is 8.67. The molecule has 1 amide bonds. The van der Waals surface area contributed by atoms with Crippen LogP contribution in [0.4, 0.5) is 5.69 Å². The Labute approximate surface area is 167 Å². The molecule has 1 N–H and O–H groups in total. The van der Waals surface area contributed by atoms with Crippen LogP contribution in [0.25, 0.3) is 17.4 Å². The molecule has 142 valence electrons. The zero-order valence-electron chi connectivity index (χ0n) is 15.1. The molecule has 0 saturated heterocycles. The van der Waals surface area contributed by atoms with Crippen molar-refractivity contribution >= 4 is 35.2 Å². The Morgan fingerprint density at radius 3 is 2.64 bits per heavy atom. The molecule has 6 heteroatoms. The van der Waals surface area contributed by atoms with Gasteiger partial charge in [0.1, 0.15) is 5.76 Å². The lowest BCUT2D eigenvalue weighted by molar-refractivity contribution is -0.137. The normalized spacial score (nSPS) is 10.8. The first kappa shape index (κ1) is 19.5. The second-order valence-electron chi connectivity index (χ2n) is 5.84. The van der Waals surface area contributed by atoms with Gasteiger partial charge in [0.15, 0.2) is 5.76 Å². The van der Waals surface area contributed by atoms with Crippen LogP contribution in [0.5, 0.6) is 0 Å². The van der Waals surface area contributed by atoms with E-state index < -0.39 is 5.97 Å². The Hall–Kier alpha value is -3.31. The van der Waals surface area contributed by atoms with E-state index in [1.807, 2.05) is 18.2 Å². The second kappa shape index (κ2) is 9.06. The number of amides is 1. The van der Waals surface area contributed by atoms with E-state index in [1.165, 1.54) is 6.08 Å². The van der Waals surface area contributed by atoms with Crippen molar-refractivity contribution in [3.05, 3.63) is 83.1 Å². The number of hydrogen-bond donors (Lipinski definition) is 1. The Bertz CT molecular complexity index is 1010. The third-order valence-corrected chi connectivity index (χ3v) is 4.05. The summed E-state index contributed by atoms with van der Waals surface area (Å²) >= 11 is 5.89. The highest BCUT2D eigenvalue weighted by atomic mass is 35.5. The zero-order valence-corrected chi connectivity index (χ0v) is 15.9. The number of nitrogens with one attached hydrogen (secondary N) is 1. The van der Waals surface area contributed by atoms with Crippen molar-refractivity contribution in [3.63, 3.8) is 0 Å². The molecular formula is C22H18ClNO4. The SMILES string of the molecule is CCOC(=O)/C=C/c1cccc(NC(=O)c2ccc(-c3ccc(Cl)cc3)o2)c1. The van der Waals surface area contributed by atoms with Crippen molar-refractivity contribution in [2.45, 2.75) is 6.92 Å². The fourth-order valence-corrected chi connectivity index (χ4v) is 2.62. The minimum absolute atomic E-state index is 0.192. The van der Waals surface area contributed by atoms with Crippen molar-refractivity contribution in [3.8, 4) is 11.3 Å². The van der Waals surface area contributed by atoms with Crippen LogP contribution in [0.3, 0.4) is 0 Å². The van der Waals surface area contributed by atoms with Crippen molar-refractivity contribution in [1.82, 2.24) is 0 Å². The third-order valence-electron chi connectivity index (χ3n) is 3.80. The monoisotopic (exact) mass is 395 g/mol. The minimum Gasteiger partial charge on any atom is -0.463 e. The predicted molar refractivity (Wildman–Crippen MR) is 109 cm³/mol. The number of esters is 1. The average molecular weight is 396 g/mol. The summed E-state index contributed by atoms with van der Waals surface area (Å²) in [5.74, 6) is -0.0145. The molecule has 1 aromatic heterocycles. The standard InChI is InChI=1S/C22H18ClNO4/c1-2-27-21(25)13-6-15-4-3-5-18(14-15)24-22(26)20-12-11-19(28-20)16-7-9-17(23)10-8-16/h3-14H,2H2,1H3,(H,24,26)/b13-6+. The molecule has 0 saturated carbocycles. The zero-order chi connectivity index (χ0) is 19.9. The van der Waals surface area contributed by atoms with E-state index in [-0.39, 0.29) is 11.7 Å². The fraction of sp³-hybridized carbons (Fsp3) is 0.0909. The second-order valence-corrected chi connectivity index (χ2v) is 6.27. The van der Waals surface area contributed by atoms with Gasteiger partial charge in [-0.25, -0.2) is 4.79 Å². The lowest BCUT2D eigenvalue weighted by atomic mass is 10.2. The summed E-state index contributed by atoms with van der Waals surface area (Å²) < 4.78 is 10.5. The van der Waals surface area contributed by atoms with E-state index in [4.69, 9.17) is 20.8 Å². The highest BCUT2D eigenvalue weighted by molar-refractivity contribution is 6.30. The molecule has 0 fully saturated rings. The van der Waals surface area contributed by atoms with E-state index >= 15 is 0 Å². The van der Waals surface area contributed by atoms with E-state index in [0.29, 0.717) is 23.1 Å². The van der Waals surface area contributed by atoms with Gasteiger partial charge in [0.25, 0.3) is 5.91 Å². The molecule has 3 rings (SSSR count). The van der Waals surface area contributed by atoms with Gasteiger partial charge >= 0.3 is 5.97 Å². The number of carbonyl (C=O) groups is 2. The summed E-state index contributed by atoms with van der Waals surface area (Å²) in [5, 5.41) is 3.41. The van der Waals surface area contributed by atoms with Gasteiger partial charge < -0.3 is 14.5 Å². The number of carbonyl (C=O) groups excluding carboxylic acids is 2. The average Bonchev–Trinajstić information content (AvgIpc) is 3.18. The fourth-order valence-electron chi connectivity index (χ4n) is 2.50. The molecule has 28 heavy (non-hydrogen) atoms. The molecule has 0 radical (unpaired) electrons. The van der Waals surface area contributed by atoms with E-state index in [2.05, 4.69) is 5.32 Å². The van der Waals surface area contributed by atoms with Gasteiger partial charge in [-0.3, -0.25) is 4.79 Å². The number of halogens is 1. The first-order chi connectivity index (χ1) is 13.5. The molecule has 5 nitrogen and oxygen atoms in total. The quantitative estimate of drug-likeness (QED) is 0.446. The van der Waals surface area contributed by atoms with Crippen LogP contribution in [0.15, 0.2) is 71.2 Å². The van der Waals surface area contributed by atoms with Gasteiger partial charge in [-0.2, -0.15) is 0 Å². The van der Waals surface area contributed by atoms with Crippen LogP contribution in [0.1, 0.15) is 23.0 Å². The Morgan fingerprint density at radius 1 is 1.11 bits per heavy atom. The summed E-state index contributed by atoms with van der Waals surface area (Å²) in [6.07, 6.45) is 2.97. The summed E-state index contributed by atoms with van der Waals surface area (Å²) in [5.41, 5.74) is 2.17. The summed E-state index contributed by atoms with van der Waals surface area (Å²) in [7, 11) is 0. The van der Waals surface area contributed by atoms with Gasteiger partial charge in [-0.15, -0.1) is 0 Å². The van der Waals surface area contributed by atoms with E-state index in [1.54, 1.807) is 55.5 Å². The van der Waals surface area contributed by atoms with Crippen molar-refractivity contribution in [2.24, 2.45) is 0 Å². The topological polar surface area (TPSA) is 68.5 Å². The van der Waals surface area contributed by atoms with Gasteiger partial charge in [0.05, 0.1) is 6.61 Å². The van der Waals surface area contributed by atoms with E-state index in [0.717, 1.165) is 11.1 Å². The maximum Gasteiger partial charge on any atom is 0.330 e. The number of furan rings is 1. The maximum absolute atomic E-state index is 12.5. The number of anilines is 1. The molecule has 0 spiro atoms. The molecule has 0 atom stereocenters. The van der Waals surface area contributed by atoms with Gasteiger partial charge in [-0.05, 0) is 67.1 Å². The highest BCUT2D eigenvalue weighted by Crippen LogP contribution is 2.24. The molecule has 0 bridgehead atoms. The van der Waals surface area contributed by atoms with Crippen molar-refractivity contribution in [2.75, 3.05) is 11.9 Å². The van der Waals surface area contributed by atoms with Crippen LogP contribution in [0.2, 0.25) is 5.02 Å². The molecular weight excluding hydrogens is 378 g/mol. The smallest absolute Gasteiger partial charge is 0.330 e. The molecule has 2 aromatic carbocycles. The predicted octanol–water partition coefficient (Wildman–Crippen LogP) is 5.43. The van der Waals surface area contributed by atoms with Crippen LogP contribution in [-0.2, 0) is 9.53 Å². The molecule has 0 aliphatic heterocycles. The van der Waals surface area contributed by atoms with Crippen molar-refractivity contribution < 1.29 is 18.7 Å². The Morgan fingerprint density at radius 2 is 1.89 bits per heavy atom. The summed E-state index contributed by atoms with van der Waals surface area (Å²) in [4.78, 5) is 23.9. The van der Waals surface area contributed by atoms with E-state index in [9.17, 15) is 9.59 Å². The number of ether oxygens (including phenoxy) is 1. The number of hydrogen-bond acceptors (Lipinski definition) is 4. The number of benzene rings is 2. The Balaban J connectivity index is 1.69. The van der Waals surface area contributed by atoms with Crippen LogP contribution in [-0.4, -0.2) is 18.5 Å². The van der Waals surface area contributed by atoms with Crippen LogP contribution >= 0.6 is 11.6 Å². The lowest BCUT2D eigenvalue weighted by Crippen LogP contribution is -2.10. The summed E-state index contributed by atoms with van der Waals surface area (Å²) in [6.45, 7) is 2.06. The van der Waals surface area contributed by atoms with Crippen molar-refractivity contribution in [1.29, 1.82) is 0 Å². The maximum atomic E-state index is 12.5. The van der Waals surface area contributed by atoms with Crippen LogP contribution in [0, 0.1) is 0 Å². The first-order valence-corrected chi connectivity index (χ1v) is 9.05. The largest absolute Gasteiger partial charge is 0.463 e. The van der Waals surface area contributed by atoms with Gasteiger partial charge in [0, 0.05) is 22.3 Å². The molecule has 0 unspecified atom stereocenters. The molecule has 0 aliphatic rings. The van der Waals surface area contributed by atoms with Gasteiger partial charge in [0.2, 0.25) is 0 Å². The highest BCUT2D eigenvalue weighted by Gasteiger charge is 2.12. The molecule has 1 heterocycles. The Kier molecular flexibility index (Phi) is 6.29. The molecule has 3 aromatic rings. The summed E-state index contributed by atoms with van der Waals surface area (Å²) in [6, 6.07) is 17.6. The number of rotatable bonds is 6. The lowest BCUT2D eigenvalue weighted by Gasteiger charge is -2.04. The third kappa shape index (κ3) is 5.11.